The molecule has 142 valence electrons. The fourth-order valence-corrected chi connectivity index (χ4v) is 4.15. The minimum Gasteiger partial charge on any atom is -0.494 e. The van der Waals surface area contributed by atoms with Gasteiger partial charge in [-0.1, -0.05) is 48.5 Å². The summed E-state index contributed by atoms with van der Waals surface area (Å²) < 4.78 is 20.7. The highest BCUT2D eigenvalue weighted by Gasteiger charge is 2.06. The molecule has 0 atom stereocenters. The average molecular weight is 392 g/mol. The van der Waals surface area contributed by atoms with Gasteiger partial charge in [-0.15, -0.1) is 11.3 Å². The zero-order valence-corrected chi connectivity index (χ0v) is 16.3. The molecule has 0 aliphatic heterocycles. The van der Waals surface area contributed by atoms with E-state index in [1.165, 1.54) is 27.3 Å². The minimum absolute atomic E-state index is 0.162. The number of rotatable bonds is 8. The zero-order chi connectivity index (χ0) is 19.2. The van der Waals surface area contributed by atoms with Gasteiger partial charge in [0.2, 0.25) is 0 Å². The molecule has 0 unspecified atom stereocenters. The smallest absolute Gasteiger partial charge is 0.127 e. The molecule has 0 amide bonds. The fraction of sp³-hybridized carbons (Fsp3) is 0.167. The maximum atomic E-state index is 13.5. The van der Waals surface area contributed by atoms with Crippen LogP contribution in [-0.2, 0) is 6.54 Å². The Morgan fingerprint density at radius 2 is 1.68 bits per heavy atom. The van der Waals surface area contributed by atoms with Gasteiger partial charge in [-0.3, -0.25) is 0 Å². The molecule has 3 aromatic carbocycles. The molecule has 0 radical (unpaired) electrons. The molecule has 0 bridgehead atoms. The Bertz CT molecular complexity index is 1040. The third kappa shape index (κ3) is 4.41. The quantitative estimate of drug-likeness (QED) is 0.358. The number of benzene rings is 3. The predicted octanol–water partition coefficient (Wildman–Crippen LogP) is 6.27. The molecule has 0 fully saturated rings. The molecule has 1 heterocycles. The molecule has 4 heteroatoms. The number of hydrogen-bond acceptors (Lipinski definition) is 3. The number of thiophene rings is 1. The summed E-state index contributed by atoms with van der Waals surface area (Å²) in [6.07, 6.45) is 0.866. The second-order valence-corrected chi connectivity index (χ2v) is 7.55. The van der Waals surface area contributed by atoms with Crippen LogP contribution in [0.1, 0.15) is 12.0 Å². The Hall–Kier alpha value is -2.69. The van der Waals surface area contributed by atoms with Crippen LogP contribution in [0.4, 0.5) is 4.39 Å². The van der Waals surface area contributed by atoms with E-state index in [2.05, 4.69) is 47.1 Å². The number of hydrogen-bond donors (Lipinski definition) is 1. The Labute approximate surface area is 168 Å². The molecule has 4 rings (SSSR count). The van der Waals surface area contributed by atoms with Crippen molar-refractivity contribution >= 4 is 21.4 Å². The van der Waals surface area contributed by atoms with Gasteiger partial charge in [0.15, 0.2) is 0 Å². The summed E-state index contributed by atoms with van der Waals surface area (Å²) in [6, 6.07) is 23.6. The Balaban J connectivity index is 1.24. The monoisotopic (exact) mass is 391 g/mol. The molecular weight excluding hydrogens is 369 g/mol. The second kappa shape index (κ2) is 9.00. The summed E-state index contributed by atoms with van der Waals surface area (Å²) in [5, 5.41) is 6.76. The van der Waals surface area contributed by atoms with Crippen molar-refractivity contribution in [1.29, 1.82) is 0 Å². The number of fused-ring (bicyclic) bond motifs is 1. The standard InChI is InChI=1S/C24H22FNOS/c25-23-8-3-1-6-19(23)16-26-14-5-15-27-20-12-10-18(11-13-20)22-17-28-24-9-4-2-7-21(22)24/h1-4,6-13,17,26H,5,14-16H2. The van der Waals surface area contributed by atoms with E-state index in [4.69, 9.17) is 4.74 Å². The lowest BCUT2D eigenvalue weighted by molar-refractivity contribution is 0.308. The third-order valence-corrected chi connectivity index (χ3v) is 5.65. The van der Waals surface area contributed by atoms with Crippen molar-refractivity contribution in [2.75, 3.05) is 13.2 Å². The molecule has 1 aromatic heterocycles. The van der Waals surface area contributed by atoms with Crippen LogP contribution in [0, 0.1) is 5.82 Å². The molecule has 1 N–H and O–H groups in total. The van der Waals surface area contributed by atoms with Gasteiger partial charge < -0.3 is 10.1 Å². The van der Waals surface area contributed by atoms with E-state index in [9.17, 15) is 4.39 Å². The SMILES string of the molecule is Fc1ccccc1CNCCCOc1ccc(-c2csc3ccccc23)cc1. The van der Waals surface area contributed by atoms with E-state index in [0.29, 0.717) is 18.7 Å². The lowest BCUT2D eigenvalue weighted by Gasteiger charge is -2.09. The van der Waals surface area contributed by atoms with Crippen LogP contribution in [0.3, 0.4) is 0 Å². The second-order valence-electron chi connectivity index (χ2n) is 6.64. The zero-order valence-electron chi connectivity index (χ0n) is 15.5. The molecule has 0 saturated carbocycles. The highest BCUT2D eigenvalue weighted by Crippen LogP contribution is 2.34. The largest absolute Gasteiger partial charge is 0.494 e. The van der Waals surface area contributed by atoms with Crippen LogP contribution in [0.2, 0.25) is 0 Å². The summed E-state index contributed by atoms with van der Waals surface area (Å²) >= 11 is 1.77. The van der Waals surface area contributed by atoms with Crippen molar-refractivity contribution in [3.63, 3.8) is 0 Å². The topological polar surface area (TPSA) is 21.3 Å². The van der Waals surface area contributed by atoms with Crippen LogP contribution in [0.5, 0.6) is 5.75 Å². The van der Waals surface area contributed by atoms with Crippen molar-refractivity contribution in [2.24, 2.45) is 0 Å². The fourth-order valence-electron chi connectivity index (χ4n) is 3.18. The predicted molar refractivity (Wildman–Crippen MR) is 115 cm³/mol. The van der Waals surface area contributed by atoms with Crippen molar-refractivity contribution in [2.45, 2.75) is 13.0 Å². The van der Waals surface area contributed by atoms with E-state index < -0.39 is 0 Å². The summed E-state index contributed by atoms with van der Waals surface area (Å²) in [5.74, 6) is 0.710. The van der Waals surface area contributed by atoms with Crippen LogP contribution >= 0.6 is 11.3 Å². The van der Waals surface area contributed by atoms with E-state index >= 15 is 0 Å². The molecule has 28 heavy (non-hydrogen) atoms. The van der Waals surface area contributed by atoms with Crippen molar-refractivity contribution in [1.82, 2.24) is 5.32 Å². The van der Waals surface area contributed by atoms with Crippen LogP contribution in [0.25, 0.3) is 21.2 Å². The van der Waals surface area contributed by atoms with E-state index in [-0.39, 0.29) is 5.82 Å². The molecule has 0 spiro atoms. The van der Waals surface area contributed by atoms with Crippen LogP contribution in [-0.4, -0.2) is 13.2 Å². The Morgan fingerprint density at radius 3 is 2.54 bits per heavy atom. The number of ether oxygens (including phenoxy) is 1. The maximum Gasteiger partial charge on any atom is 0.127 e. The van der Waals surface area contributed by atoms with Gasteiger partial charge in [-0.25, -0.2) is 4.39 Å². The summed E-state index contributed by atoms with van der Waals surface area (Å²) in [6.45, 7) is 1.95. The van der Waals surface area contributed by atoms with Crippen molar-refractivity contribution < 1.29 is 9.13 Å². The summed E-state index contributed by atoms with van der Waals surface area (Å²) in [4.78, 5) is 0. The van der Waals surface area contributed by atoms with Crippen molar-refractivity contribution in [3.8, 4) is 16.9 Å². The van der Waals surface area contributed by atoms with Gasteiger partial charge in [0.25, 0.3) is 0 Å². The first-order valence-electron chi connectivity index (χ1n) is 9.45. The first-order chi connectivity index (χ1) is 13.8. The molecule has 4 aromatic rings. The molecule has 2 nitrogen and oxygen atoms in total. The summed E-state index contributed by atoms with van der Waals surface area (Å²) in [5.41, 5.74) is 3.17. The van der Waals surface area contributed by atoms with Crippen LogP contribution < -0.4 is 10.1 Å². The first kappa shape index (κ1) is 18.7. The van der Waals surface area contributed by atoms with E-state index in [1.54, 1.807) is 23.5 Å². The van der Waals surface area contributed by atoms with E-state index in [1.807, 2.05) is 18.2 Å². The van der Waals surface area contributed by atoms with Crippen LogP contribution in [0.15, 0.2) is 78.2 Å². The van der Waals surface area contributed by atoms with Gasteiger partial charge in [-0.2, -0.15) is 0 Å². The number of nitrogens with one attached hydrogen (secondary N) is 1. The molecule has 0 aliphatic carbocycles. The van der Waals surface area contributed by atoms with Gasteiger partial charge in [0.1, 0.15) is 11.6 Å². The molecule has 0 aliphatic rings. The summed E-state index contributed by atoms with van der Waals surface area (Å²) in [7, 11) is 0. The lowest BCUT2D eigenvalue weighted by atomic mass is 10.0. The van der Waals surface area contributed by atoms with Gasteiger partial charge >= 0.3 is 0 Å². The van der Waals surface area contributed by atoms with Gasteiger partial charge in [0.05, 0.1) is 6.61 Å². The Morgan fingerprint density at radius 1 is 0.893 bits per heavy atom. The first-order valence-corrected chi connectivity index (χ1v) is 10.3. The van der Waals surface area contributed by atoms with Crippen molar-refractivity contribution in [3.05, 3.63) is 89.6 Å². The van der Waals surface area contributed by atoms with Gasteiger partial charge in [-0.05, 0) is 48.2 Å². The lowest BCUT2D eigenvalue weighted by Crippen LogP contribution is -2.17. The highest BCUT2D eigenvalue weighted by molar-refractivity contribution is 7.17. The normalized spacial score (nSPS) is 11.0. The maximum absolute atomic E-state index is 13.5. The van der Waals surface area contributed by atoms with Gasteiger partial charge in [0, 0.05) is 27.8 Å². The minimum atomic E-state index is -0.162. The Kier molecular flexibility index (Phi) is 6.00. The highest BCUT2D eigenvalue weighted by atomic mass is 32.1. The van der Waals surface area contributed by atoms with E-state index in [0.717, 1.165) is 18.7 Å². The number of halogens is 1. The molecule has 0 saturated heterocycles. The average Bonchev–Trinajstić information content (AvgIpc) is 3.16. The molecular formula is C24H22FNOS. The third-order valence-electron chi connectivity index (χ3n) is 4.69.